The normalized spacial score (nSPS) is 13.3. The van der Waals surface area contributed by atoms with Crippen molar-refractivity contribution in [1.29, 1.82) is 0 Å². The van der Waals surface area contributed by atoms with E-state index in [1.807, 2.05) is 0 Å². The van der Waals surface area contributed by atoms with E-state index in [9.17, 15) is 17.2 Å². The third kappa shape index (κ3) is 5.80. The van der Waals surface area contributed by atoms with Crippen LogP contribution < -0.4 is 10.1 Å². The van der Waals surface area contributed by atoms with E-state index in [1.165, 1.54) is 12.1 Å². The summed E-state index contributed by atoms with van der Waals surface area (Å²) in [4.78, 5) is 0. The SMILES string of the molecule is CC(CS(C)(=O)=O)Nc1cc(Cl)cc(Br)c1OC(F)F. The Morgan fingerprint density at radius 3 is 2.55 bits per heavy atom. The van der Waals surface area contributed by atoms with Gasteiger partial charge in [-0.3, -0.25) is 0 Å². The number of halogens is 4. The highest BCUT2D eigenvalue weighted by atomic mass is 79.9. The first-order chi connectivity index (χ1) is 9.08. The van der Waals surface area contributed by atoms with Gasteiger partial charge in [-0.05, 0) is 35.0 Å². The van der Waals surface area contributed by atoms with E-state index in [2.05, 4.69) is 26.0 Å². The highest BCUT2D eigenvalue weighted by molar-refractivity contribution is 9.10. The molecule has 0 heterocycles. The Bertz CT molecular complexity index is 583. The van der Waals surface area contributed by atoms with Crippen LogP contribution in [-0.4, -0.2) is 33.1 Å². The zero-order chi connectivity index (χ0) is 15.5. The number of rotatable bonds is 6. The lowest BCUT2D eigenvalue weighted by molar-refractivity contribution is -0.0498. The molecule has 20 heavy (non-hydrogen) atoms. The van der Waals surface area contributed by atoms with E-state index < -0.39 is 22.5 Å². The van der Waals surface area contributed by atoms with Crippen LogP contribution in [0.25, 0.3) is 0 Å². The summed E-state index contributed by atoms with van der Waals surface area (Å²) in [5, 5.41) is 3.10. The monoisotopic (exact) mass is 391 g/mol. The third-order valence-electron chi connectivity index (χ3n) is 2.17. The molecule has 0 spiro atoms. The number of hydrogen-bond donors (Lipinski definition) is 1. The highest BCUT2D eigenvalue weighted by Crippen LogP contribution is 2.37. The second kappa shape index (κ2) is 6.91. The number of sulfone groups is 1. The Morgan fingerprint density at radius 2 is 2.05 bits per heavy atom. The molecule has 114 valence electrons. The lowest BCUT2D eigenvalue weighted by Crippen LogP contribution is -2.25. The van der Waals surface area contributed by atoms with Gasteiger partial charge in [0.2, 0.25) is 0 Å². The molecule has 1 aromatic rings. The molecule has 1 N–H and O–H groups in total. The molecule has 0 saturated carbocycles. The summed E-state index contributed by atoms with van der Waals surface area (Å²) in [6, 6.07) is 2.31. The Labute approximate surface area is 129 Å². The van der Waals surface area contributed by atoms with Gasteiger partial charge in [0.1, 0.15) is 9.84 Å². The molecular weight excluding hydrogens is 380 g/mol. The first-order valence-corrected chi connectivity index (χ1v) is 8.69. The molecule has 0 aliphatic heterocycles. The Morgan fingerprint density at radius 1 is 1.45 bits per heavy atom. The standard InChI is InChI=1S/C11H13BrClF2NO3S/c1-6(5-20(2,17)18)16-9-4-7(13)3-8(12)10(9)19-11(14)15/h3-4,6,11,16H,5H2,1-2H3. The van der Waals surface area contributed by atoms with Gasteiger partial charge >= 0.3 is 6.61 Å². The largest absolute Gasteiger partial charge is 0.431 e. The first-order valence-electron chi connectivity index (χ1n) is 5.46. The lowest BCUT2D eigenvalue weighted by Gasteiger charge is -2.19. The molecule has 0 amide bonds. The molecule has 0 fully saturated rings. The van der Waals surface area contributed by atoms with Gasteiger partial charge in [-0.1, -0.05) is 11.6 Å². The predicted molar refractivity (Wildman–Crippen MR) is 78.6 cm³/mol. The smallest absolute Gasteiger partial charge is 0.387 e. The molecule has 0 radical (unpaired) electrons. The second-order valence-corrected chi connectivity index (χ2v) is 7.76. The van der Waals surface area contributed by atoms with Crippen LogP contribution in [0.5, 0.6) is 5.75 Å². The van der Waals surface area contributed by atoms with Crippen molar-refractivity contribution < 1.29 is 21.9 Å². The van der Waals surface area contributed by atoms with E-state index in [-0.39, 0.29) is 21.7 Å². The minimum atomic E-state index is -3.20. The minimum absolute atomic E-state index is 0.121. The van der Waals surface area contributed by atoms with Crippen molar-refractivity contribution >= 4 is 43.1 Å². The van der Waals surface area contributed by atoms with Crippen LogP contribution >= 0.6 is 27.5 Å². The van der Waals surface area contributed by atoms with Crippen LogP contribution in [0.3, 0.4) is 0 Å². The zero-order valence-corrected chi connectivity index (χ0v) is 13.8. The Hall–Kier alpha value is -0.600. The number of alkyl halides is 2. The third-order valence-corrected chi connectivity index (χ3v) is 4.08. The van der Waals surface area contributed by atoms with Gasteiger partial charge in [0.05, 0.1) is 15.9 Å². The van der Waals surface area contributed by atoms with E-state index in [0.29, 0.717) is 5.02 Å². The fourth-order valence-corrected chi connectivity index (χ4v) is 3.53. The number of nitrogens with one attached hydrogen (secondary N) is 1. The number of anilines is 1. The van der Waals surface area contributed by atoms with Crippen molar-refractivity contribution in [1.82, 2.24) is 0 Å². The van der Waals surface area contributed by atoms with Gasteiger partial charge in [-0.25, -0.2) is 8.42 Å². The topological polar surface area (TPSA) is 55.4 Å². The van der Waals surface area contributed by atoms with Crippen molar-refractivity contribution in [3.8, 4) is 5.75 Å². The molecule has 1 aromatic carbocycles. The molecule has 4 nitrogen and oxygen atoms in total. The molecule has 1 atom stereocenters. The molecule has 1 rings (SSSR count). The average molecular weight is 393 g/mol. The summed E-state index contributed by atoms with van der Waals surface area (Å²) in [6.45, 7) is -1.39. The number of benzene rings is 1. The zero-order valence-electron chi connectivity index (χ0n) is 10.7. The second-order valence-electron chi connectivity index (χ2n) is 4.28. The van der Waals surface area contributed by atoms with Gasteiger partial charge in [-0.15, -0.1) is 0 Å². The summed E-state index contributed by atoms with van der Waals surface area (Å²) in [6.07, 6.45) is 1.09. The number of ether oxygens (including phenoxy) is 1. The maximum Gasteiger partial charge on any atom is 0.387 e. The highest BCUT2D eigenvalue weighted by Gasteiger charge is 2.18. The predicted octanol–water partition coefficient (Wildman–Crippen LogP) is 3.55. The summed E-state index contributed by atoms with van der Waals surface area (Å²) in [5.74, 6) is -0.268. The molecular formula is C11H13BrClF2NO3S. The van der Waals surface area contributed by atoms with Gasteiger partial charge in [0.15, 0.2) is 5.75 Å². The van der Waals surface area contributed by atoms with E-state index >= 15 is 0 Å². The van der Waals surface area contributed by atoms with E-state index in [1.54, 1.807) is 6.92 Å². The fourth-order valence-electron chi connectivity index (χ4n) is 1.64. The maximum absolute atomic E-state index is 12.4. The van der Waals surface area contributed by atoms with Crippen molar-refractivity contribution in [3.05, 3.63) is 21.6 Å². The van der Waals surface area contributed by atoms with Gasteiger partial charge < -0.3 is 10.1 Å². The van der Waals surface area contributed by atoms with Crippen LogP contribution in [0.4, 0.5) is 14.5 Å². The summed E-state index contributed by atoms with van der Waals surface area (Å²) in [7, 11) is -3.20. The van der Waals surface area contributed by atoms with Crippen molar-refractivity contribution in [3.63, 3.8) is 0 Å². The van der Waals surface area contributed by atoms with Crippen LogP contribution in [0.1, 0.15) is 6.92 Å². The minimum Gasteiger partial charge on any atom is -0.431 e. The average Bonchev–Trinajstić information content (AvgIpc) is 2.19. The molecule has 0 aliphatic rings. The molecule has 1 unspecified atom stereocenters. The summed E-state index contributed by atoms with van der Waals surface area (Å²) >= 11 is 8.92. The van der Waals surface area contributed by atoms with Crippen LogP contribution in [0, 0.1) is 0 Å². The molecule has 0 aliphatic carbocycles. The first kappa shape index (κ1) is 17.5. The Kier molecular flexibility index (Phi) is 6.03. The van der Waals surface area contributed by atoms with Crippen molar-refractivity contribution in [2.24, 2.45) is 0 Å². The van der Waals surface area contributed by atoms with E-state index in [4.69, 9.17) is 11.6 Å². The summed E-state index contributed by atoms with van der Waals surface area (Å²) in [5.41, 5.74) is 0.195. The molecule has 0 bridgehead atoms. The van der Waals surface area contributed by atoms with Crippen molar-refractivity contribution in [2.45, 2.75) is 19.6 Å². The molecule has 0 saturated heterocycles. The van der Waals surface area contributed by atoms with Crippen LogP contribution in [0.2, 0.25) is 5.02 Å². The fraction of sp³-hybridized carbons (Fsp3) is 0.455. The lowest BCUT2D eigenvalue weighted by atomic mass is 10.2. The Balaban J connectivity index is 3.03. The van der Waals surface area contributed by atoms with Crippen LogP contribution in [0.15, 0.2) is 16.6 Å². The van der Waals surface area contributed by atoms with Gasteiger partial charge in [0, 0.05) is 17.3 Å². The van der Waals surface area contributed by atoms with Crippen molar-refractivity contribution in [2.75, 3.05) is 17.3 Å². The van der Waals surface area contributed by atoms with E-state index in [0.717, 1.165) is 6.26 Å². The number of hydrogen-bond acceptors (Lipinski definition) is 4. The molecule has 0 aromatic heterocycles. The van der Waals surface area contributed by atoms with Gasteiger partial charge in [0.25, 0.3) is 0 Å². The molecule has 9 heteroatoms. The van der Waals surface area contributed by atoms with Crippen LogP contribution in [-0.2, 0) is 9.84 Å². The van der Waals surface area contributed by atoms with Gasteiger partial charge in [-0.2, -0.15) is 8.78 Å². The summed E-state index contributed by atoms with van der Waals surface area (Å²) < 4.78 is 51.8. The maximum atomic E-state index is 12.4. The quantitative estimate of drug-likeness (QED) is 0.804.